The molecule has 0 unspecified atom stereocenters. The van der Waals surface area contributed by atoms with Crippen molar-refractivity contribution in [2.75, 3.05) is 0 Å². The van der Waals surface area contributed by atoms with E-state index < -0.39 is 11.4 Å². The summed E-state index contributed by atoms with van der Waals surface area (Å²) < 4.78 is 13.4. The van der Waals surface area contributed by atoms with Crippen molar-refractivity contribution in [1.82, 2.24) is 10.3 Å². The molecule has 0 fully saturated rings. The molecule has 120 valence electrons. The number of carbonyl (C=O) groups is 1. The van der Waals surface area contributed by atoms with Crippen LogP contribution in [0, 0.1) is 5.82 Å². The number of hydrogen-bond donors (Lipinski definition) is 2. The van der Waals surface area contributed by atoms with Crippen molar-refractivity contribution in [3.8, 4) is 0 Å². The van der Waals surface area contributed by atoms with Crippen LogP contribution in [0.3, 0.4) is 0 Å². The van der Waals surface area contributed by atoms with Crippen LogP contribution in [0.5, 0.6) is 0 Å². The third-order valence-electron chi connectivity index (χ3n) is 4.49. The van der Waals surface area contributed by atoms with Gasteiger partial charge in [-0.3, -0.25) is 9.59 Å². The van der Waals surface area contributed by atoms with E-state index >= 15 is 0 Å². The number of hydrogen-bond acceptors (Lipinski definition) is 2. The zero-order chi connectivity index (χ0) is 16.7. The second-order valence-corrected chi connectivity index (χ2v) is 6.00. The first-order valence-electron chi connectivity index (χ1n) is 7.83. The number of amides is 1. The van der Waals surface area contributed by atoms with Gasteiger partial charge in [0.2, 0.25) is 5.56 Å². The molecule has 4 nitrogen and oxygen atoms in total. The van der Waals surface area contributed by atoms with Crippen molar-refractivity contribution < 1.29 is 9.18 Å². The summed E-state index contributed by atoms with van der Waals surface area (Å²) in [5, 5.41) is 3.53. The van der Waals surface area contributed by atoms with Crippen LogP contribution in [0.2, 0.25) is 0 Å². The summed E-state index contributed by atoms with van der Waals surface area (Å²) in [5.41, 5.74) is 2.51. The second kappa shape index (κ2) is 5.60. The zero-order valence-electron chi connectivity index (χ0n) is 12.8. The number of carbonyl (C=O) groups excluding carboxylic acids is 1. The summed E-state index contributed by atoms with van der Waals surface area (Å²) in [5.74, 6) is -0.778. The largest absolute Gasteiger partial charge is 0.345 e. The van der Waals surface area contributed by atoms with Crippen LogP contribution in [0.15, 0.2) is 53.3 Å². The minimum Gasteiger partial charge on any atom is -0.345 e. The third-order valence-corrected chi connectivity index (χ3v) is 4.49. The van der Waals surface area contributed by atoms with E-state index in [0.29, 0.717) is 10.9 Å². The molecule has 0 saturated carbocycles. The van der Waals surface area contributed by atoms with E-state index in [1.807, 2.05) is 18.2 Å². The molecule has 1 amide bonds. The van der Waals surface area contributed by atoms with E-state index in [4.69, 9.17) is 0 Å². The predicted octanol–water partition coefficient (Wildman–Crippen LogP) is 3.08. The molecule has 24 heavy (non-hydrogen) atoms. The Morgan fingerprint density at radius 3 is 2.88 bits per heavy atom. The van der Waals surface area contributed by atoms with Gasteiger partial charge in [-0.25, -0.2) is 4.39 Å². The van der Waals surface area contributed by atoms with Crippen LogP contribution >= 0.6 is 0 Å². The molecule has 2 aromatic carbocycles. The molecule has 0 radical (unpaired) electrons. The molecule has 4 rings (SSSR count). The topological polar surface area (TPSA) is 62.0 Å². The normalized spacial score (nSPS) is 16.1. The highest BCUT2D eigenvalue weighted by atomic mass is 19.1. The van der Waals surface area contributed by atoms with Crippen LogP contribution < -0.4 is 10.9 Å². The van der Waals surface area contributed by atoms with Crippen molar-refractivity contribution in [1.29, 1.82) is 0 Å². The molecule has 1 atom stereocenters. The van der Waals surface area contributed by atoms with E-state index in [-0.39, 0.29) is 17.5 Å². The number of halogens is 1. The monoisotopic (exact) mass is 322 g/mol. The van der Waals surface area contributed by atoms with Crippen molar-refractivity contribution >= 4 is 16.8 Å². The molecular formula is C19H15FN2O2. The molecule has 0 saturated heterocycles. The van der Waals surface area contributed by atoms with Gasteiger partial charge in [-0.15, -0.1) is 0 Å². The number of fused-ring (bicyclic) bond motifs is 2. The number of rotatable bonds is 2. The van der Waals surface area contributed by atoms with Crippen molar-refractivity contribution in [3.05, 3.63) is 81.4 Å². The van der Waals surface area contributed by atoms with Crippen LogP contribution in [-0.2, 0) is 6.42 Å². The van der Waals surface area contributed by atoms with Gasteiger partial charge in [-0.05, 0) is 42.2 Å². The predicted molar refractivity (Wildman–Crippen MR) is 89.5 cm³/mol. The maximum absolute atomic E-state index is 13.4. The lowest BCUT2D eigenvalue weighted by molar-refractivity contribution is 0.0938. The smallest absolute Gasteiger partial charge is 0.252 e. The van der Waals surface area contributed by atoms with Gasteiger partial charge < -0.3 is 10.3 Å². The number of benzene rings is 2. The first-order chi connectivity index (χ1) is 11.6. The van der Waals surface area contributed by atoms with E-state index in [1.54, 1.807) is 0 Å². The summed E-state index contributed by atoms with van der Waals surface area (Å²) in [6, 6.07) is 13.2. The van der Waals surface area contributed by atoms with Gasteiger partial charge in [-0.2, -0.15) is 0 Å². The molecule has 0 bridgehead atoms. The molecular weight excluding hydrogens is 307 g/mol. The van der Waals surface area contributed by atoms with E-state index in [0.717, 1.165) is 18.4 Å². The van der Waals surface area contributed by atoms with Crippen LogP contribution in [0.25, 0.3) is 10.9 Å². The van der Waals surface area contributed by atoms with Gasteiger partial charge in [-0.1, -0.05) is 24.3 Å². The van der Waals surface area contributed by atoms with Gasteiger partial charge in [0.15, 0.2) is 0 Å². The number of aryl methyl sites for hydroxylation is 1. The molecule has 0 aliphatic heterocycles. The highest BCUT2D eigenvalue weighted by Crippen LogP contribution is 2.31. The second-order valence-electron chi connectivity index (χ2n) is 6.00. The number of aromatic nitrogens is 1. The maximum Gasteiger partial charge on any atom is 0.252 e. The minimum absolute atomic E-state index is 0.0662. The molecule has 5 heteroatoms. The number of nitrogens with one attached hydrogen (secondary N) is 2. The van der Waals surface area contributed by atoms with Gasteiger partial charge in [0.05, 0.1) is 17.1 Å². The van der Waals surface area contributed by atoms with Crippen LogP contribution in [0.1, 0.15) is 33.9 Å². The molecule has 2 N–H and O–H groups in total. The van der Waals surface area contributed by atoms with E-state index in [2.05, 4.69) is 16.4 Å². The fraction of sp³-hybridized carbons (Fsp3) is 0.158. The van der Waals surface area contributed by atoms with E-state index in [9.17, 15) is 14.0 Å². The van der Waals surface area contributed by atoms with Crippen molar-refractivity contribution in [2.24, 2.45) is 0 Å². The highest BCUT2D eigenvalue weighted by Gasteiger charge is 2.24. The summed E-state index contributed by atoms with van der Waals surface area (Å²) in [6.45, 7) is 0. The standard InChI is InChI=1S/C19H15FN2O2/c20-12-6-7-14-15(10-18(23)21-17(14)9-12)19(24)22-16-8-5-11-3-1-2-4-13(11)16/h1-4,6-7,9-10,16H,5,8H2,(H,21,23)(H,22,24)/t16-/m0/s1. The molecule has 1 aliphatic carbocycles. The summed E-state index contributed by atoms with van der Waals surface area (Å²) in [4.78, 5) is 27.1. The fourth-order valence-electron chi connectivity index (χ4n) is 3.36. The maximum atomic E-state index is 13.4. The highest BCUT2D eigenvalue weighted by molar-refractivity contribution is 6.06. The molecule has 0 spiro atoms. The Bertz CT molecular complexity index is 1010. The van der Waals surface area contributed by atoms with Crippen molar-refractivity contribution in [3.63, 3.8) is 0 Å². The summed E-state index contributed by atoms with van der Waals surface area (Å²) in [6.07, 6.45) is 1.75. The quantitative estimate of drug-likeness (QED) is 0.761. The molecule has 1 heterocycles. The van der Waals surface area contributed by atoms with Gasteiger partial charge in [0.25, 0.3) is 5.91 Å². The zero-order valence-corrected chi connectivity index (χ0v) is 12.8. The Hall–Kier alpha value is -2.95. The average molecular weight is 322 g/mol. The molecule has 1 aliphatic rings. The molecule has 3 aromatic rings. The number of H-pyrrole nitrogens is 1. The fourth-order valence-corrected chi connectivity index (χ4v) is 3.36. The lowest BCUT2D eigenvalue weighted by Gasteiger charge is -2.15. The van der Waals surface area contributed by atoms with Gasteiger partial charge >= 0.3 is 0 Å². The summed E-state index contributed by atoms with van der Waals surface area (Å²) >= 11 is 0. The lowest BCUT2D eigenvalue weighted by Crippen LogP contribution is -2.28. The Morgan fingerprint density at radius 2 is 2.00 bits per heavy atom. The Kier molecular flexibility index (Phi) is 3.41. The Morgan fingerprint density at radius 1 is 1.17 bits per heavy atom. The summed E-state index contributed by atoms with van der Waals surface area (Å²) in [7, 11) is 0. The van der Waals surface area contributed by atoms with Gasteiger partial charge in [0.1, 0.15) is 5.82 Å². The molecule has 1 aromatic heterocycles. The third kappa shape index (κ3) is 2.48. The first kappa shape index (κ1) is 14.6. The van der Waals surface area contributed by atoms with Crippen LogP contribution in [0.4, 0.5) is 4.39 Å². The van der Waals surface area contributed by atoms with Crippen molar-refractivity contribution in [2.45, 2.75) is 18.9 Å². The first-order valence-corrected chi connectivity index (χ1v) is 7.83. The minimum atomic E-state index is -0.458. The Labute approximate surface area is 137 Å². The number of pyridine rings is 1. The van der Waals surface area contributed by atoms with Gasteiger partial charge in [0, 0.05) is 11.5 Å². The average Bonchev–Trinajstić information content (AvgIpc) is 2.97. The van der Waals surface area contributed by atoms with Crippen LogP contribution in [-0.4, -0.2) is 10.9 Å². The lowest BCUT2D eigenvalue weighted by atomic mass is 10.1. The Balaban J connectivity index is 1.71. The van der Waals surface area contributed by atoms with E-state index in [1.165, 1.54) is 29.8 Å². The SMILES string of the molecule is O=C(N[C@H]1CCc2ccccc21)c1cc(=O)[nH]c2cc(F)ccc12. The number of aromatic amines is 1.